The molecule has 10 heteroatoms. The SMILES string of the molecule is Cc1cc(Cc2cc(C)[nH]n2)nc(-c2ccc(N3CC4CC(C3)N4Cc3ccc(-n4cc(Cl)cn4)cc3)nc2)n1. The second-order valence-corrected chi connectivity index (χ2v) is 11.3. The Morgan fingerprint density at radius 3 is 2.45 bits per heavy atom. The standard InChI is InChI=1S/C30H30ClN9/c1-19-9-24(11-25-10-20(2)36-37-25)35-30(34-19)22-5-8-29(32-13-22)38-17-27-12-28(18-38)39(27)15-21-3-6-26(7-4-21)40-16-23(31)14-33-40/h3-10,13-14,16,27-28H,11-12,15,17-18H2,1-2H3,(H,36,37). The number of aryl methyl sites for hydroxylation is 2. The van der Waals surface area contributed by atoms with Crippen molar-refractivity contribution in [1.29, 1.82) is 0 Å². The number of hydrogen-bond acceptors (Lipinski definition) is 7. The van der Waals surface area contributed by atoms with Crippen molar-refractivity contribution in [2.24, 2.45) is 0 Å². The number of rotatable bonds is 7. The highest BCUT2D eigenvalue weighted by Crippen LogP contribution is 2.35. The van der Waals surface area contributed by atoms with Gasteiger partial charge in [-0.1, -0.05) is 23.7 Å². The van der Waals surface area contributed by atoms with Crippen molar-refractivity contribution in [1.82, 2.24) is 39.8 Å². The van der Waals surface area contributed by atoms with Gasteiger partial charge in [0.2, 0.25) is 0 Å². The number of aromatic nitrogens is 7. The Kier molecular flexibility index (Phi) is 6.32. The molecular weight excluding hydrogens is 522 g/mol. The second kappa shape index (κ2) is 10.1. The van der Waals surface area contributed by atoms with Gasteiger partial charge in [0.05, 0.1) is 28.3 Å². The van der Waals surface area contributed by atoms with Gasteiger partial charge in [0.15, 0.2) is 5.82 Å². The lowest BCUT2D eigenvalue weighted by Crippen LogP contribution is -2.68. The number of fused-ring (bicyclic) bond motifs is 2. The van der Waals surface area contributed by atoms with E-state index < -0.39 is 0 Å². The molecule has 3 aliphatic rings. The maximum Gasteiger partial charge on any atom is 0.161 e. The van der Waals surface area contributed by atoms with E-state index in [9.17, 15) is 0 Å². The van der Waals surface area contributed by atoms with E-state index in [0.717, 1.165) is 59.5 Å². The minimum Gasteiger partial charge on any atom is -0.353 e. The Hall–Kier alpha value is -4.08. The predicted octanol–water partition coefficient (Wildman–Crippen LogP) is 4.77. The molecule has 9 nitrogen and oxygen atoms in total. The maximum absolute atomic E-state index is 6.01. The molecule has 0 amide bonds. The van der Waals surface area contributed by atoms with Crippen LogP contribution in [0.1, 0.15) is 34.8 Å². The second-order valence-electron chi connectivity index (χ2n) is 10.8. The quantitative estimate of drug-likeness (QED) is 0.311. The summed E-state index contributed by atoms with van der Waals surface area (Å²) in [6.07, 6.45) is 7.29. The zero-order valence-electron chi connectivity index (χ0n) is 22.5. The molecule has 2 atom stereocenters. The highest BCUT2D eigenvalue weighted by molar-refractivity contribution is 6.30. The lowest BCUT2D eigenvalue weighted by atomic mass is 9.86. The Labute approximate surface area is 237 Å². The van der Waals surface area contributed by atoms with Gasteiger partial charge in [0.1, 0.15) is 5.82 Å². The van der Waals surface area contributed by atoms with Gasteiger partial charge < -0.3 is 4.90 Å². The minimum atomic E-state index is 0.540. The van der Waals surface area contributed by atoms with Crippen molar-refractivity contribution in [3.63, 3.8) is 0 Å². The lowest BCUT2D eigenvalue weighted by Gasteiger charge is -2.56. The monoisotopic (exact) mass is 551 g/mol. The molecule has 2 unspecified atom stereocenters. The number of nitrogens with one attached hydrogen (secondary N) is 1. The fourth-order valence-electron chi connectivity index (χ4n) is 5.85. The van der Waals surface area contributed by atoms with E-state index >= 15 is 0 Å². The molecule has 1 aromatic carbocycles. The summed E-state index contributed by atoms with van der Waals surface area (Å²) in [5.41, 5.74) is 7.17. The smallest absolute Gasteiger partial charge is 0.161 e. The highest BCUT2D eigenvalue weighted by atomic mass is 35.5. The third-order valence-corrected chi connectivity index (χ3v) is 8.02. The van der Waals surface area contributed by atoms with Gasteiger partial charge in [-0.15, -0.1) is 0 Å². The van der Waals surface area contributed by atoms with Gasteiger partial charge >= 0.3 is 0 Å². The number of benzene rings is 1. The molecule has 7 heterocycles. The van der Waals surface area contributed by atoms with Crippen LogP contribution in [0.2, 0.25) is 5.02 Å². The lowest BCUT2D eigenvalue weighted by molar-refractivity contribution is -0.00867. The molecule has 4 aromatic heterocycles. The summed E-state index contributed by atoms with van der Waals surface area (Å²) in [6.45, 7) is 6.94. The molecule has 3 fully saturated rings. The summed E-state index contributed by atoms with van der Waals surface area (Å²) in [5.74, 6) is 1.72. The summed E-state index contributed by atoms with van der Waals surface area (Å²) < 4.78 is 1.80. The van der Waals surface area contributed by atoms with E-state index in [-0.39, 0.29) is 0 Å². The van der Waals surface area contributed by atoms with Crippen molar-refractivity contribution in [2.75, 3.05) is 18.0 Å². The third-order valence-electron chi connectivity index (χ3n) is 7.82. The molecule has 3 aliphatic heterocycles. The molecule has 8 rings (SSSR count). The highest BCUT2D eigenvalue weighted by Gasteiger charge is 2.44. The molecule has 5 aromatic rings. The molecule has 40 heavy (non-hydrogen) atoms. The van der Waals surface area contributed by atoms with Crippen LogP contribution >= 0.6 is 11.6 Å². The molecule has 3 saturated heterocycles. The topological polar surface area (TPSA) is 91.7 Å². The van der Waals surface area contributed by atoms with Gasteiger partial charge in [-0.2, -0.15) is 10.2 Å². The van der Waals surface area contributed by atoms with Crippen LogP contribution < -0.4 is 4.90 Å². The van der Waals surface area contributed by atoms with Crippen molar-refractivity contribution < 1.29 is 0 Å². The van der Waals surface area contributed by atoms with Crippen LogP contribution in [0.3, 0.4) is 0 Å². The molecule has 0 saturated carbocycles. The van der Waals surface area contributed by atoms with Gasteiger partial charge in [-0.25, -0.2) is 19.6 Å². The van der Waals surface area contributed by atoms with Crippen LogP contribution in [-0.4, -0.2) is 65.0 Å². The van der Waals surface area contributed by atoms with Crippen LogP contribution in [0.15, 0.2) is 67.1 Å². The molecule has 1 N–H and O–H groups in total. The zero-order chi connectivity index (χ0) is 27.2. The normalized spacial score (nSPS) is 18.6. The minimum absolute atomic E-state index is 0.540. The Balaban J connectivity index is 0.991. The van der Waals surface area contributed by atoms with Crippen LogP contribution in [0.25, 0.3) is 17.1 Å². The number of pyridine rings is 1. The first-order chi connectivity index (χ1) is 19.5. The first kappa shape index (κ1) is 24.9. The first-order valence-corrected chi connectivity index (χ1v) is 14.0. The molecular formula is C30H30ClN9. The van der Waals surface area contributed by atoms with Crippen LogP contribution in [0.4, 0.5) is 5.82 Å². The zero-order valence-corrected chi connectivity index (χ0v) is 23.3. The van der Waals surface area contributed by atoms with Crippen LogP contribution in [0.5, 0.6) is 0 Å². The van der Waals surface area contributed by atoms with Gasteiger partial charge in [0.25, 0.3) is 0 Å². The summed E-state index contributed by atoms with van der Waals surface area (Å²) in [6, 6.07) is 17.9. The predicted molar refractivity (Wildman–Crippen MR) is 155 cm³/mol. The number of H-pyrrole nitrogens is 1. The molecule has 0 spiro atoms. The summed E-state index contributed by atoms with van der Waals surface area (Å²) in [7, 11) is 0. The summed E-state index contributed by atoms with van der Waals surface area (Å²) in [4.78, 5) is 19.3. The van der Waals surface area contributed by atoms with E-state index in [0.29, 0.717) is 29.4 Å². The fourth-order valence-corrected chi connectivity index (χ4v) is 5.98. The van der Waals surface area contributed by atoms with Gasteiger partial charge in [-0.3, -0.25) is 10.00 Å². The first-order valence-electron chi connectivity index (χ1n) is 13.6. The van der Waals surface area contributed by atoms with Crippen LogP contribution in [0, 0.1) is 13.8 Å². The van der Waals surface area contributed by atoms with E-state index in [4.69, 9.17) is 21.6 Å². The molecule has 2 bridgehead atoms. The third kappa shape index (κ3) is 4.98. The van der Waals surface area contributed by atoms with Crippen molar-refractivity contribution in [3.8, 4) is 17.1 Å². The molecule has 0 radical (unpaired) electrons. The average molecular weight is 552 g/mol. The Morgan fingerprint density at radius 2 is 1.77 bits per heavy atom. The Morgan fingerprint density at radius 1 is 0.950 bits per heavy atom. The number of hydrogen-bond donors (Lipinski definition) is 1. The average Bonchev–Trinajstić information content (AvgIpc) is 3.59. The maximum atomic E-state index is 6.01. The van der Waals surface area contributed by atoms with E-state index in [1.54, 1.807) is 10.9 Å². The number of aromatic amines is 1. The largest absolute Gasteiger partial charge is 0.353 e. The number of halogens is 1. The van der Waals surface area contributed by atoms with Gasteiger partial charge in [-0.05, 0) is 62.2 Å². The van der Waals surface area contributed by atoms with Crippen molar-refractivity contribution in [2.45, 2.75) is 45.3 Å². The van der Waals surface area contributed by atoms with Crippen molar-refractivity contribution in [3.05, 3.63) is 100 Å². The number of piperidine rings is 1. The number of nitrogens with zero attached hydrogens (tertiary/aromatic N) is 8. The molecule has 0 aliphatic carbocycles. The van der Waals surface area contributed by atoms with Crippen LogP contribution in [-0.2, 0) is 13.0 Å². The van der Waals surface area contributed by atoms with E-state index in [2.05, 4.69) is 66.5 Å². The van der Waals surface area contributed by atoms with Gasteiger partial charge in [0, 0.05) is 67.5 Å². The summed E-state index contributed by atoms with van der Waals surface area (Å²) >= 11 is 6.01. The van der Waals surface area contributed by atoms with E-state index in [1.165, 1.54) is 12.0 Å². The number of anilines is 1. The van der Waals surface area contributed by atoms with Crippen molar-refractivity contribution >= 4 is 17.4 Å². The Bertz CT molecular complexity index is 1630. The van der Waals surface area contributed by atoms with E-state index in [1.807, 2.05) is 38.4 Å². The summed E-state index contributed by atoms with van der Waals surface area (Å²) in [5, 5.41) is 12.3. The fraction of sp³-hybridized carbons (Fsp3) is 0.300. The molecule has 202 valence electrons. The number of piperazine rings is 1.